The predicted octanol–water partition coefficient (Wildman–Crippen LogP) is 1.68. The minimum absolute atomic E-state index is 0.206. The number of pyridine rings is 1. The van der Waals surface area contributed by atoms with Crippen LogP contribution >= 0.6 is 0 Å². The fraction of sp³-hybridized carbons (Fsp3) is 0.188. The van der Waals surface area contributed by atoms with Crippen LogP contribution in [-0.2, 0) is 13.1 Å². The van der Waals surface area contributed by atoms with Gasteiger partial charge in [-0.2, -0.15) is 4.98 Å². The van der Waals surface area contributed by atoms with Gasteiger partial charge < -0.3 is 19.6 Å². The van der Waals surface area contributed by atoms with Gasteiger partial charge in [0, 0.05) is 6.20 Å². The minimum Gasteiger partial charge on any atom is -0.467 e. The summed E-state index contributed by atoms with van der Waals surface area (Å²) in [6, 6.07) is 6.87. The van der Waals surface area contributed by atoms with Crippen molar-refractivity contribution in [2.24, 2.45) is 0 Å². The molecule has 0 bridgehead atoms. The van der Waals surface area contributed by atoms with Gasteiger partial charge in [0.25, 0.3) is 5.89 Å². The maximum Gasteiger partial charge on any atom is 0.315 e. The largest absolute Gasteiger partial charge is 0.467 e. The molecule has 0 fully saturated rings. The van der Waals surface area contributed by atoms with Crippen LogP contribution in [0.2, 0.25) is 0 Å². The van der Waals surface area contributed by atoms with Crippen LogP contribution in [0, 0.1) is 6.92 Å². The average molecular weight is 353 g/mol. The summed E-state index contributed by atoms with van der Waals surface area (Å²) in [5.41, 5.74) is 1.25. The molecule has 0 radical (unpaired) electrons. The monoisotopic (exact) mass is 353 g/mol. The van der Waals surface area contributed by atoms with E-state index in [1.165, 1.54) is 0 Å². The second-order valence-electron chi connectivity index (χ2n) is 5.49. The highest BCUT2D eigenvalue weighted by atomic mass is 16.5. The number of hydrogen-bond acceptors (Lipinski definition) is 7. The molecule has 4 aromatic rings. The molecule has 0 unspecified atom stereocenters. The summed E-state index contributed by atoms with van der Waals surface area (Å²) in [4.78, 5) is 16.1. The molecule has 4 heterocycles. The minimum atomic E-state index is -0.332. The zero-order chi connectivity index (χ0) is 17.9. The summed E-state index contributed by atoms with van der Waals surface area (Å²) in [7, 11) is 0. The maximum atomic E-state index is 11.9. The van der Waals surface area contributed by atoms with E-state index in [1.807, 2.05) is 12.1 Å². The molecule has 2 amide bonds. The van der Waals surface area contributed by atoms with Gasteiger partial charge >= 0.3 is 6.03 Å². The van der Waals surface area contributed by atoms with Crippen LogP contribution in [-0.4, -0.2) is 30.8 Å². The molecule has 0 spiro atoms. The molecular formula is C16H15N7O3. The van der Waals surface area contributed by atoms with Crippen molar-refractivity contribution in [2.75, 3.05) is 0 Å². The zero-order valence-electron chi connectivity index (χ0n) is 13.8. The highest BCUT2D eigenvalue weighted by Gasteiger charge is 2.15. The molecule has 10 nitrogen and oxygen atoms in total. The van der Waals surface area contributed by atoms with Gasteiger partial charge in [0.05, 0.1) is 24.9 Å². The normalized spacial score (nSPS) is 11.0. The lowest BCUT2D eigenvalue weighted by Crippen LogP contribution is -2.34. The molecule has 0 saturated heterocycles. The first-order valence-corrected chi connectivity index (χ1v) is 7.88. The van der Waals surface area contributed by atoms with Gasteiger partial charge in [-0.3, -0.25) is 4.40 Å². The van der Waals surface area contributed by atoms with E-state index in [4.69, 9.17) is 8.94 Å². The van der Waals surface area contributed by atoms with Crippen molar-refractivity contribution < 1.29 is 13.7 Å². The fourth-order valence-electron chi connectivity index (χ4n) is 2.46. The van der Waals surface area contributed by atoms with Crippen LogP contribution in [0.3, 0.4) is 0 Å². The topological polar surface area (TPSA) is 123 Å². The van der Waals surface area contributed by atoms with Crippen molar-refractivity contribution in [1.82, 2.24) is 35.4 Å². The van der Waals surface area contributed by atoms with Crippen molar-refractivity contribution in [2.45, 2.75) is 20.0 Å². The molecule has 132 valence electrons. The number of aromatic nitrogens is 5. The molecule has 0 aliphatic heterocycles. The van der Waals surface area contributed by atoms with E-state index in [2.05, 4.69) is 31.0 Å². The standard InChI is InChI=1S/C16H15N7O3/c1-10-19-15(26-22-10)12-5-2-6-23-13(20-21-14(12)23)9-18-16(24)17-8-11-4-3-7-25-11/h2-7H,8-9H2,1H3,(H2,17,18,24). The third-order valence-electron chi connectivity index (χ3n) is 3.67. The summed E-state index contributed by atoms with van der Waals surface area (Å²) in [5.74, 6) is 2.16. The van der Waals surface area contributed by atoms with Gasteiger partial charge in [-0.25, -0.2) is 4.79 Å². The van der Waals surface area contributed by atoms with Gasteiger partial charge in [-0.05, 0) is 31.2 Å². The van der Waals surface area contributed by atoms with Gasteiger partial charge in [-0.1, -0.05) is 5.16 Å². The molecule has 4 aromatic heterocycles. The molecule has 2 N–H and O–H groups in total. The number of rotatable bonds is 5. The number of aryl methyl sites for hydroxylation is 1. The Balaban J connectivity index is 1.46. The number of fused-ring (bicyclic) bond motifs is 1. The quantitative estimate of drug-likeness (QED) is 0.559. The number of carbonyl (C=O) groups is 1. The lowest BCUT2D eigenvalue weighted by molar-refractivity contribution is 0.239. The number of nitrogens with zero attached hydrogens (tertiary/aromatic N) is 5. The van der Waals surface area contributed by atoms with Crippen molar-refractivity contribution >= 4 is 11.7 Å². The van der Waals surface area contributed by atoms with E-state index in [0.717, 1.165) is 0 Å². The van der Waals surface area contributed by atoms with Crippen LogP contribution in [0.4, 0.5) is 4.79 Å². The van der Waals surface area contributed by atoms with Gasteiger partial charge in [0.15, 0.2) is 17.3 Å². The Bertz CT molecular complexity index is 1040. The van der Waals surface area contributed by atoms with Crippen LogP contribution in [0.5, 0.6) is 0 Å². The fourth-order valence-corrected chi connectivity index (χ4v) is 2.46. The molecule has 26 heavy (non-hydrogen) atoms. The number of amides is 2. The first-order valence-electron chi connectivity index (χ1n) is 7.88. The third-order valence-corrected chi connectivity index (χ3v) is 3.67. The van der Waals surface area contributed by atoms with Crippen LogP contribution in [0.1, 0.15) is 17.4 Å². The van der Waals surface area contributed by atoms with E-state index in [0.29, 0.717) is 41.1 Å². The highest BCUT2D eigenvalue weighted by Crippen LogP contribution is 2.21. The first kappa shape index (κ1) is 15.8. The lowest BCUT2D eigenvalue weighted by Gasteiger charge is -2.06. The molecule has 0 aliphatic carbocycles. The third kappa shape index (κ3) is 3.11. The van der Waals surface area contributed by atoms with Crippen LogP contribution in [0.15, 0.2) is 45.7 Å². The van der Waals surface area contributed by atoms with E-state index in [1.54, 1.807) is 35.9 Å². The maximum absolute atomic E-state index is 11.9. The Labute approximate surface area is 147 Å². The Kier molecular flexibility index (Phi) is 4.06. The Morgan fingerprint density at radius 1 is 1.19 bits per heavy atom. The summed E-state index contributed by atoms with van der Waals surface area (Å²) < 4.78 is 12.1. The van der Waals surface area contributed by atoms with Crippen molar-refractivity contribution in [3.05, 3.63) is 54.1 Å². The second kappa shape index (κ2) is 6.67. The van der Waals surface area contributed by atoms with Crippen molar-refractivity contribution in [1.29, 1.82) is 0 Å². The van der Waals surface area contributed by atoms with E-state index >= 15 is 0 Å². The van der Waals surface area contributed by atoms with E-state index < -0.39 is 0 Å². The molecular weight excluding hydrogens is 338 g/mol. The predicted molar refractivity (Wildman–Crippen MR) is 88.8 cm³/mol. The summed E-state index contributed by atoms with van der Waals surface area (Å²) in [6.45, 7) is 2.26. The zero-order valence-corrected chi connectivity index (χ0v) is 13.8. The highest BCUT2D eigenvalue weighted by molar-refractivity contribution is 5.74. The number of furan rings is 1. The molecule has 0 aliphatic rings. The van der Waals surface area contributed by atoms with Gasteiger partial charge in [-0.15, -0.1) is 10.2 Å². The van der Waals surface area contributed by atoms with E-state index in [-0.39, 0.29) is 12.6 Å². The lowest BCUT2D eigenvalue weighted by atomic mass is 10.2. The Morgan fingerprint density at radius 3 is 2.85 bits per heavy atom. The average Bonchev–Trinajstić information content (AvgIpc) is 3.38. The summed E-state index contributed by atoms with van der Waals surface area (Å²) >= 11 is 0. The van der Waals surface area contributed by atoms with Crippen LogP contribution in [0.25, 0.3) is 17.1 Å². The molecule has 10 heteroatoms. The van der Waals surface area contributed by atoms with Gasteiger partial charge in [0.1, 0.15) is 5.76 Å². The number of carbonyl (C=O) groups excluding carboxylic acids is 1. The number of hydrogen-bond donors (Lipinski definition) is 2. The Morgan fingerprint density at radius 2 is 2.08 bits per heavy atom. The van der Waals surface area contributed by atoms with Crippen molar-refractivity contribution in [3.8, 4) is 11.5 Å². The van der Waals surface area contributed by atoms with Crippen molar-refractivity contribution in [3.63, 3.8) is 0 Å². The molecule has 0 aromatic carbocycles. The molecule has 0 saturated carbocycles. The number of urea groups is 1. The Hall–Kier alpha value is -3.69. The van der Waals surface area contributed by atoms with E-state index in [9.17, 15) is 4.79 Å². The molecule has 0 atom stereocenters. The first-order chi connectivity index (χ1) is 12.7. The smallest absolute Gasteiger partial charge is 0.315 e. The SMILES string of the molecule is Cc1noc(-c2cccn3c(CNC(=O)NCc4ccco4)nnc23)n1. The number of nitrogens with one attached hydrogen (secondary N) is 2. The van der Waals surface area contributed by atoms with Gasteiger partial charge in [0.2, 0.25) is 0 Å². The summed E-state index contributed by atoms with van der Waals surface area (Å²) in [5, 5.41) is 17.5. The van der Waals surface area contributed by atoms with Crippen LogP contribution < -0.4 is 10.6 Å². The summed E-state index contributed by atoms with van der Waals surface area (Å²) in [6.07, 6.45) is 3.36. The molecule has 4 rings (SSSR count). The second-order valence-corrected chi connectivity index (χ2v) is 5.49.